The largest absolute Gasteiger partial charge is 0.364 e. The molecular formula is C20H22N4O5S2. The number of aryl methyl sites for hydroxylation is 3. The molecule has 0 aliphatic heterocycles. The van der Waals surface area contributed by atoms with Crippen LogP contribution in [0.5, 0.6) is 0 Å². The van der Waals surface area contributed by atoms with Crippen LogP contribution in [0.2, 0.25) is 0 Å². The molecule has 1 heterocycles. The number of rotatable bonds is 7. The lowest BCUT2D eigenvalue weighted by molar-refractivity contribution is 0.0992. The number of sulfonamides is 2. The maximum Gasteiger partial charge on any atom is 0.265 e. The Hall–Kier alpha value is -3.31. The molecule has 31 heavy (non-hydrogen) atoms. The van der Waals surface area contributed by atoms with Crippen molar-refractivity contribution in [2.75, 3.05) is 9.44 Å². The number of benzene rings is 2. The van der Waals surface area contributed by atoms with E-state index in [-0.39, 0.29) is 21.2 Å². The molecule has 0 spiro atoms. The first-order chi connectivity index (χ1) is 14.4. The number of hydrogen-bond donors (Lipinski definition) is 3. The van der Waals surface area contributed by atoms with Gasteiger partial charge in [-0.05, 0) is 55.3 Å². The molecule has 1 amide bonds. The van der Waals surface area contributed by atoms with E-state index in [1.54, 1.807) is 25.1 Å². The van der Waals surface area contributed by atoms with Crippen LogP contribution in [-0.4, -0.2) is 27.3 Å². The van der Waals surface area contributed by atoms with Crippen LogP contribution in [0.4, 0.5) is 11.4 Å². The lowest BCUT2D eigenvalue weighted by atomic mass is 10.2. The standard InChI is InChI=1S/C20H22N4O5S2/c1-13-5-4-6-15(9-13)23-31(28,29)19-10-16(8-7-14(19)2)22-30(26,27)17-11-18(20(21)25)24(3)12-17/h4-12,22-23H,1-3H3,(H2,21,25). The fraction of sp³-hybridized carbons (Fsp3) is 0.150. The molecule has 0 atom stereocenters. The van der Waals surface area contributed by atoms with Crippen LogP contribution < -0.4 is 15.2 Å². The summed E-state index contributed by atoms with van der Waals surface area (Å²) in [6, 6.07) is 12.2. The van der Waals surface area contributed by atoms with Crippen LogP contribution in [-0.2, 0) is 27.1 Å². The molecule has 0 aliphatic rings. The van der Waals surface area contributed by atoms with Crippen molar-refractivity contribution in [3.05, 3.63) is 71.5 Å². The quantitative estimate of drug-likeness (QED) is 0.494. The molecule has 3 aromatic rings. The number of amides is 1. The van der Waals surface area contributed by atoms with E-state index < -0.39 is 26.0 Å². The molecule has 3 rings (SSSR count). The van der Waals surface area contributed by atoms with Crippen LogP contribution in [0.15, 0.2) is 64.5 Å². The highest BCUT2D eigenvalue weighted by molar-refractivity contribution is 7.93. The van der Waals surface area contributed by atoms with Crippen molar-refractivity contribution in [2.24, 2.45) is 12.8 Å². The Morgan fingerprint density at radius 2 is 1.55 bits per heavy atom. The normalized spacial score (nSPS) is 11.8. The Balaban J connectivity index is 1.93. The third kappa shape index (κ3) is 4.89. The van der Waals surface area contributed by atoms with Crippen molar-refractivity contribution in [3.8, 4) is 0 Å². The maximum absolute atomic E-state index is 12.9. The van der Waals surface area contributed by atoms with Crippen LogP contribution in [0, 0.1) is 13.8 Å². The molecule has 0 saturated carbocycles. The van der Waals surface area contributed by atoms with E-state index in [0.29, 0.717) is 11.3 Å². The van der Waals surface area contributed by atoms with Gasteiger partial charge in [0.2, 0.25) is 0 Å². The van der Waals surface area contributed by atoms with Crippen molar-refractivity contribution in [1.82, 2.24) is 4.57 Å². The number of nitrogens with zero attached hydrogens (tertiary/aromatic N) is 1. The molecule has 4 N–H and O–H groups in total. The van der Waals surface area contributed by atoms with E-state index in [9.17, 15) is 21.6 Å². The maximum atomic E-state index is 12.9. The fourth-order valence-corrected chi connectivity index (χ4v) is 5.45. The molecule has 0 saturated heterocycles. The second-order valence-corrected chi connectivity index (χ2v) is 10.4. The predicted molar refractivity (Wildman–Crippen MR) is 118 cm³/mol. The van der Waals surface area contributed by atoms with Gasteiger partial charge in [-0.25, -0.2) is 16.8 Å². The number of nitrogens with two attached hydrogens (primary N) is 1. The Kier molecular flexibility index (Phi) is 5.83. The van der Waals surface area contributed by atoms with Gasteiger partial charge in [-0.2, -0.15) is 0 Å². The highest BCUT2D eigenvalue weighted by Crippen LogP contribution is 2.25. The summed E-state index contributed by atoms with van der Waals surface area (Å²) in [6.45, 7) is 3.45. The SMILES string of the molecule is Cc1cccc(NS(=O)(=O)c2cc(NS(=O)(=O)c3cc(C(N)=O)n(C)c3)ccc2C)c1. The number of anilines is 2. The van der Waals surface area contributed by atoms with Crippen LogP contribution >= 0.6 is 0 Å². The zero-order chi connectivity index (χ0) is 23.0. The van der Waals surface area contributed by atoms with Crippen LogP contribution in [0.25, 0.3) is 0 Å². The molecule has 9 nitrogen and oxygen atoms in total. The molecule has 164 valence electrons. The Labute approximate surface area is 181 Å². The highest BCUT2D eigenvalue weighted by atomic mass is 32.2. The van der Waals surface area contributed by atoms with E-state index in [1.165, 1.54) is 36.0 Å². The van der Waals surface area contributed by atoms with Crippen LogP contribution in [0.1, 0.15) is 21.6 Å². The zero-order valence-corrected chi connectivity index (χ0v) is 18.7. The summed E-state index contributed by atoms with van der Waals surface area (Å²) in [4.78, 5) is 11.2. The predicted octanol–water partition coefficient (Wildman–Crippen LogP) is 2.34. The molecule has 0 fully saturated rings. The Bertz CT molecular complexity index is 1380. The number of primary amides is 1. The molecule has 0 bridgehead atoms. The van der Waals surface area contributed by atoms with E-state index in [2.05, 4.69) is 9.44 Å². The minimum Gasteiger partial charge on any atom is -0.364 e. The van der Waals surface area contributed by atoms with Gasteiger partial charge in [0.25, 0.3) is 26.0 Å². The van der Waals surface area contributed by atoms with Crippen molar-refractivity contribution < 1.29 is 21.6 Å². The summed E-state index contributed by atoms with van der Waals surface area (Å²) < 4.78 is 57.4. The molecule has 11 heteroatoms. The number of aromatic nitrogens is 1. The third-order valence-corrected chi connectivity index (χ3v) is 7.41. The molecular weight excluding hydrogens is 440 g/mol. The second-order valence-electron chi connectivity index (χ2n) is 7.10. The van der Waals surface area contributed by atoms with E-state index >= 15 is 0 Å². The topological polar surface area (TPSA) is 140 Å². The molecule has 0 radical (unpaired) electrons. The molecule has 0 aliphatic carbocycles. The summed E-state index contributed by atoms with van der Waals surface area (Å²) in [7, 11) is -6.56. The second kappa shape index (κ2) is 8.08. The lowest BCUT2D eigenvalue weighted by Gasteiger charge is -2.13. The summed E-state index contributed by atoms with van der Waals surface area (Å²) in [5.41, 5.74) is 7.04. The first-order valence-electron chi connectivity index (χ1n) is 9.08. The number of carbonyl (C=O) groups is 1. The average Bonchev–Trinajstić information content (AvgIpc) is 3.06. The first kappa shape index (κ1) is 22.4. The first-order valence-corrected chi connectivity index (χ1v) is 12.0. The lowest BCUT2D eigenvalue weighted by Crippen LogP contribution is -2.16. The van der Waals surface area contributed by atoms with Gasteiger partial charge in [0.15, 0.2) is 0 Å². The number of nitrogens with one attached hydrogen (secondary N) is 2. The van der Waals surface area contributed by atoms with Gasteiger partial charge < -0.3 is 10.3 Å². The summed E-state index contributed by atoms with van der Waals surface area (Å²) in [5, 5.41) is 0. The van der Waals surface area contributed by atoms with Gasteiger partial charge in [-0.3, -0.25) is 14.2 Å². The molecule has 0 unspecified atom stereocenters. The molecule has 1 aromatic heterocycles. The van der Waals surface area contributed by atoms with Gasteiger partial charge in [0, 0.05) is 18.9 Å². The summed E-state index contributed by atoms with van der Waals surface area (Å²) >= 11 is 0. The highest BCUT2D eigenvalue weighted by Gasteiger charge is 2.22. The van der Waals surface area contributed by atoms with Crippen LogP contribution in [0.3, 0.4) is 0 Å². The van der Waals surface area contributed by atoms with Crippen molar-refractivity contribution >= 4 is 37.3 Å². The summed E-state index contributed by atoms with van der Waals surface area (Å²) in [5.74, 6) is -0.769. The van der Waals surface area contributed by atoms with Gasteiger partial charge >= 0.3 is 0 Å². The third-order valence-electron chi connectivity index (χ3n) is 4.54. The Morgan fingerprint density at radius 3 is 2.16 bits per heavy atom. The van der Waals surface area contributed by atoms with E-state index in [4.69, 9.17) is 5.73 Å². The smallest absolute Gasteiger partial charge is 0.265 e. The van der Waals surface area contributed by atoms with E-state index in [0.717, 1.165) is 11.6 Å². The van der Waals surface area contributed by atoms with Gasteiger partial charge in [-0.15, -0.1) is 0 Å². The van der Waals surface area contributed by atoms with Crippen molar-refractivity contribution in [1.29, 1.82) is 0 Å². The average molecular weight is 463 g/mol. The summed E-state index contributed by atoms with van der Waals surface area (Å²) in [6.07, 6.45) is 1.24. The van der Waals surface area contributed by atoms with Gasteiger partial charge in [-0.1, -0.05) is 18.2 Å². The molecule has 2 aromatic carbocycles. The van der Waals surface area contributed by atoms with Crippen molar-refractivity contribution in [2.45, 2.75) is 23.6 Å². The van der Waals surface area contributed by atoms with Gasteiger partial charge in [0.05, 0.1) is 10.6 Å². The monoisotopic (exact) mass is 462 g/mol. The Morgan fingerprint density at radius 1 is 0.903 bits per heavy atom. The van der Waals surface area contributed by atoms with E-state index in [1.807, 2.05) is 13.0 Å². The number of hydrogen-bond acceptors (Lipinski definition) is 5. The van der Waals surface area contributed by atoms with Gasteiger partial charge in [0.1, 0.15) is 10.6 Å². The minimum absolute atomic E-state index is 0.0231. The minimum atomic E-state index is -4.08. The zero-order valence-electron chi connectivity index (χ0n) is 17.1. The van der Waals surface area contributed by atoms with Crippen molar-refractivity contribution in [3.63, 3.8) is 0 Å². The fourth-order valence-electron chi connectivity index (χ4n) is 3.01. The number of carbonyl (C=O) groups excluding carboxylic acids is 1.